The Kier molecular flexibility index (Phi) is 2.35. The molecule has 17 heavy (non-hydrogen) atoms. The lowest BCUT2D eigenvalue weighted by atomic mass is 10.0. The second-order valence-electron chi connectivity index (χ2n) is 4.37. The van der Waals surface area contributed by atoms with E-state index in [1.165, 1.54) is 24.5 Å². The quantitative estimate of drug-likeness (QED) is 0.844. The van der Waals surface area contributed by atoms with Gasteiger partial charge in [-0.25, -0.2) is 10.1 Å². The van der Waals surface area contributed by atoms with E-state index < -0.39 is 0 Å². The van der Waals surface area contributed by atoms with Crippen molar-refractivity contribution in [2.24, 2.45) is 0 Å². The topological polar surface area (TPSA) is 72.3 Å². The second kappa shape index (κ2) is 3.87. The van der Waals surface area contributed by atoms with Gasteiger partial charge in [0.05, 0.1) is 12.8 Å². The smallest absolute Gasteiger partial charge is 0.312 e. The maximum absolute atomic E-state index is 11.9. The zero-order valence-corrected chi connectivity index (χ0v) is 9.64. The van der Waals surface area contributed by atoms with E-state index in [0.29, 0.717) is 17.7 Å². The highest BCUT2D eigenvalue weighted by Gasteiger charge is 2.20. The van der Waals surface area contributed by atoms with Gasteiger partial charge in [-0.2, -0.15) is 9.50 Å². The van der Waals surface area contributed by atoms with Crippen molar-refractivity contribution in [1.29, 1.82) is 0 Å². The fourth-order valence-corrected chi connectivity index (χ4v) is 2.40. The predicted molar refractivity (Wildman–Crippen MR) is 61.4 cm³/mol. The van der Waals surface area contributed by atoms with Gasteiger partial charge >= 0.3 is 6.01 Å². The summed E-state index contributed by atoms with van der Waals surface area (Å²) in [4.78, 5) is 20.4. The average Bonchev–Trinajstić information content (AvgIpc) is 2.97. The standard InChI is InChI=1S/C11H14N4O2/c1-17-11-13-10-12-8(7-4-2-3-5-7)6-9(16)15(10)14-11/h6-7H,2-5H2,1H3,(H,12,13,14). The van der Waals surface area contributed by atoms with Crippen LogP contribution in [0.25, 0.3) is 5.78 Å². The number of aromatic nitrogens is 4. The first-order chi connectivity index (χ1) is 8.28. The molecule has 1 saturated carbocycles. The Hall–Kier alpha value is -1.85. The summed E-state index contributed by atoms with van der Waals surface area (Å²) in [6.45, 7) is 0. The third kappa shape index (κ3) is 1.69. The zero-order chi connectivity index (χ0) is 11.8. The molecule has 0 unspecified atom stereocenters. The molecule has 2 heterocycles. The molecule has 0 aromatic carbocycles. The number of hydrogen-bond donors (Lipinski definition) is 1. The first-order valence-corrected chi connectivity index (χ1v) is 5.81. The van der Waals surface area contributed by atoms with E-state index >= 15 is 0 Å². The third-order valence-corrected chi connectivity index (χ3v) is 3.30. The van der Waals surface area contributed by atoms with E-state index in [1.54, 1.807) is 6.07 Å². The van der Waals surface area contributed by atoms with Crippen molar-refractivity contribution in [2.75, 3.05) is 7.11 Å². The summed E-state index contributed by atoms with van der Waals surface area (Å²) in [7, 11) is 1.50. The minimum Gasteiger partial charge on any atom is -0.467 e. The van der Waals surface area contributed by atoms with Crippen LogP contribution in [0.4, 0.5) is 0 Å². The summed E-state index contributed by atoms with van der Waals surface area (Å²) in [6, 6.07) is 1.90. The fourth-order valence-electron chi connectivity index (χ4n) is 2.40. The molecule has 2 aromatic rings. The molecule has 0 saturated heterocycles. The Bertz CT molecular complexity index is 595. The van der Waals surface area contributed by atoms with Crippen LogP contribution in [0, 0.1) is 0 Å². The number of fused-ring (bicyclic) bond motifs is 1. The summed E-state index contributed by atoms with van der Waals surface area (Å²) in [5.41, 5.74) is 0.731. The van der Waals surface area contributed by atoms with Crippen LogP contribution in [-0.4, -0.2) is 26.7 Å². The van der Waals surface area contributed by atoms with E-state index in [4.69, 9.17) is 4.74 Å². The number of methoxy groups -OCH3 is 1. The first-order valence-electron chi connectivity index (χ1n) is 5.81. The summed E-state index contributed by atoms with van der Waals surface area (Å²) >= 11 is 0. The molecule has 2 aromatic heterocycles. The molecule has 1 N–H and O–H groups in total. The van der Waals surface area contributed by atoms with Gasteiger partial charge in [0.25, 0.3) is 11.3 Å². The Balaban J connectivity index is 2.12. The van der Waals surface area contributed by atoms with Gasteiger partial charge in [-0.1, -0.05) is 12.8 Å². The highest BCUT2D eigenvalue weighted by Crippen LogP contribution is 2.32. The van der Waals surface area contributed by atoms with Crippen LogP contribution >= 0.6 is 0 Å². The maximum Gasteiger partial charge on any atom is 0.312 e. The maximum atomic E-state index is 11.9. The third-order valence-electron chi connectivity index (χ3n) is 3.30. The fraction of sp³-hybridized carbons (Fsp3) is 0.545. The SMILES string of the molecule is COc1nc2nc(C3CCCC3)cc(=O)n2[nH]1. The van der Waals surface area contributed by atoms with Crippen molar-refractivity contribution >= 4 is 5.78 Å². The molecule has 1 fully saturated rings. The molecule has 0 bridgehead atoms. The average molecular weight is 234 g/mol. The van der Waals surface area contributed by atoms with Crippen molar-refractivity contribution in [3.8, 4) is 6.01 Å². The van der Waals surface area contributed by atoms with Crippen molar-refractivity contribution in [2.45, 2.75) is 31.6 Å². The monoisotopic (exact) mass is 234 g/mol. The molecule has 90 valence electrons. The number of ether oxygens (including phenoxy) is 1. The van der Waals surface area contributed by atoms with Gasteiger partial charge in [0.2, 0.25) is 0 Å². The minimum atomic E-state index is -0.132. The van der Waals surface area contributed by atoms with Crippen LogP contribution in [0.5, 0.6) is 6.01 Å². The lowest BCUT2D eigenvalue weighted by molar-refractivity contribution is 0.380. The number of aromatic amines is 1. The highest BCUT2D eigenvalue weighted by molar-refractivity contribution is 5.30. The van der Waals surface area contributed by atoms with Crippen molar-refractivity contribution in [3.05, 3.63) is 22.1 Å². The lowest BCUT2D eigenvalue weighted by Gasteiger charge is -2.06. The van der Waals surface area contributed by atoms with Crippen LogP contribution in [0.15, 0.2) is 10.9 Å². The lowest BCUT2D eigenvalue weighted by Crippen LogP contribution is -2.16. The Morgan fingerprint density at radius 2 is 2.18 bits per heavy atom. The second-order valence-corrected chi connectivity index (χ2v) is 4.37. The zero-order valence-electron chi connectivity index (χ0n) is 9.64. The molecule has 1 aliphatic rings. The normalized spacial score (nSPS) is 16.8. The largest absolute Gasteiger partial charge is 0.467 e. The van der Waals surface area contributed by atoms with Gasteiger partial charge in [-0.05, 0) is 12.8 Å². The van der Waals surface area contributed by atoms with Crippen LogP contribution in [-0.2, 0) is 0 Å². The van der Waals surface area contributed by atoms with Crippen LogP contribution in [0.3, 0.4) is 0 Å². The highest BCUT2D eigenvalue weighted by atomic mass is 16.5. The summed E-state index contributed by atoms with van der Waals surface area (Å²) in [6.07, 6.45) is 4.67. The molecule has 3 rings (SSSR count). The summed E-state index contributed by atoms with van der Waals surface area (Å²) in [5, 5.41) is 2.74. The van der Waals surface area contributed by atoms with Crippen molar-refractivity contribution in [1.82, 2.24) is 19.6 Å². The number of rotatable bonds is 2. The van der Waals surface area contributed by atoms with Crippen LogP contribution in [0.2, 0.25) is 0 Å². The summed E-state index contributed by atoms with van der Waals surface area (Å²) < 4.78 is 6.26. The van der Waals surface area contributed by atoms with E-state index in [1.807, 2.05) is 0 Å². The van der Waals surface area contributed by atoms with Gasteiger partial charge in [0, 0.05) is 12.0 Å². The number of H-pyrrole nitrogens is 1. The molecule has 0 spiro atoms. The first kappa shape index (κ1) is 10.3. The van der Waals surface area contributed by atoms with Crippen LogP contribution < -0.4 is 10.3 Å². The Morgan fingerprint density at radius 3 is 2.88 bits per heavy atom. The van der Waals surface area contributed by atoms with Gasteiger partial charge in [-0.15, -0.1) is 0 Å². The minimum absolute atomic E-state index is 0.132. The van der Waals surface area contributed by atoms with Crippen molar-refractivity contribution in [3.63, 3.8) is 0 Å². The van der Waals surface area contributed by atoms with E-state index in [0.717, 1.165) is 18.5 Å². The molecular formula is C11H14N4O2. The molecule has 0 radical (unpaired) electrons. The van der Waals surface area contributed by atoms with E-state index in [9.17, 15) is 4.79 Å². The van der Waals surface area contributed by atoms with E-state index in [-0.39, 0.29) is 5.56 Å². The molecule has 0 atom stereocenters. The molecular weight excluding hydrogens is 220 g/mol. The molecule has 0 aliphatic heterocycles. The van der Waals surface area contributed by atoms with Crippen LogP contribution in [0.1, 0.15) is 37.3 Å². The Labute approximate surface area is 97.6 Å². The number of hydrogen-bond acceptors (Lipinski definition) is 4. The molecule has 6 nitrogen and oxygen atoms in total. The van der Waals surface area contributed by atoms with Gasteiger partial charge < -0.3 is 4.74 Å². The van der Waals surface area contributed by atoms with Crippen molar-refractivity contribution < 1.29 is 4.74 Å². The molecule has 1 aliphatic carbocycles. The van der Waals surface area contributed by atoms with Gasteiger partial charge in [0.15, 0.2) is 0 Å². The van der Waals surface area contributed by atoms with Gasteiger partial charge in [0.1, 0.15) is 0 Å². The Morgan fingerprint density at radius 1 is 1.41 bits per heavy atom. The van der Waals surface area contributed by atoms with Gasteiger partial charge in [-0.3, -0.25) is 4.79 Å². The van der Waals surface area contributed by atoms with E-state index in [2.05, 4.69) is 15.1 Å². The molecule has 0 amide bonds. The predicted octanol–water partition coefficient (Wildman–Crippen LogP) is 1.08. The summed E-state index contributed by atoms with van der Waals surface area (Å²) in [5.74, 6) is 0.798. The molecule has 6 heteroatoms. The number of nitrogens with one attached hydrogen (secondary N) is 1. The number of nitrogens with zero attached hydrogens (tertiary/aromatic N) is 3.